The average molecular weight is 498 g/mol. The number of halogens is 1. The molecule has 2 heterocycles. The molecule has 3 aromatic rings. The summed E-state index contributed by atoms with van der Waals surface area (Å²) in [6, 6.07) is 14.8. The molecule has 4 rings (SSSR count). The molecule has 186 valence electrons. The Balaban J connectivity index is 1.37. The summed E-state index contributed by atoms with van der Waals surface area (Å²) in [6.45, 7) is 9.48. The van der Waals surface area contributed by atoms with E-state index in [9.17, 15) is 9.18 Å². The van der Waals surface area contributed by atoms with Crippen molar-refractivity contribution in [2.45, 2.75) is 38.6 Å². The van der Waals surface area contributed by atoms with Crippen LogP contribution in [0.3, 0.4) is 0 Å². The Bertz CT molecular complexity index is 1130. The Morgan fingerprint density at radius 3 is 2.54 bits per heavy atom. The number of nitrogens with one attached hydrogen (secondary N) is 1. The number of aromatic nitrogens is 3. The molecule has 0 saturated carbocycles. The zero-order valence-corrected chi connectivity index (χ0v) is 21.1. The van der Waals surface area contributed by atoms with Crippen molar-refractivity contribution in [2.24, 2.45) is 5.92 Å². The number of hydrogen-bond donors (Lipinski definition) is 1. The van der Waals surface area contributed by atoms with E-state index in [1.54, 1.807) is 18.2 Å². The first-order valence-electron chi connectivity index (χ1n) is 12.0. The monoisotopic (exact) mass is 497 g/mol. The molecule has 1 aliphatic rings. The maximum atomic E-state index is 14.4. The molecule has 1 aromatic heterocycles. The fourth-order valence-corrected chi connectivity index (χ4v) is 4.80. The van der Waals surface area contributed by atoms with E-state index in [1.165, 1.54) is 23.4 Å². The Hall–Kier alpha value is -2.75. The molecule has 1 N–H and O–H groups in total. The lowest BCUT2D eigenvalue weighted by atomic mass is 10.1. The molecule has 2 aromatic carbocycles. The van der Waals surface area contributed by atoms with Crippen molar-refractivity contribution in [1.82, 2.24) is 25.0 Å². The van der Waals surface area contributed by atoms with Gasteiger partial charge in [-0.05, 0) is 29.2 Å². The van der Waals surface area contributed by atoms with Gasteiger partial charge in [0.15, 0.2) is 11.0 Å². The van der Waals surface area contributed by atoms with Gasteiger partial charge < -0.3 is 14.6 Å². The van der Waals surface area contributed by atoms with E-state index in [4.69, 9.17) is 4.74 Å². The highest BCUT2D eigenvalue weighted by molar-refractivity contribution is 7.99. The molecule has 1 saturated heterocycles. The van der Waals surface area contributed by atoms with Crippen LogP contribution in [0.5, 0.6) is 0 Å². The quantitative estimate of drug-likeness (QED) is 0.427. The third-order valence-corrected chi connectivity index (χ3v) is 6.77. The average Bonchev–Trinajstić information content (AvgIpc) is 3.24. The number of nitrogens with zero attached hydrogens (tertiary/aromatic N) is 4. The number of carbonyl (C=O) groups excluding carboxylic acids is 1. The van der Waals surface area contributed by atoms with Gasteiger partial charge in [-0.3, -0.25) is 9.69 Å². The minimum absolute atomic E-state index is 0.0808. The molecule has 0 bridgehead atoms. The highest BCUT2D eigenvalue weighted by atomic mass is 32.2. The minimum Gasteiger partial charge on any atom is -0.379 e. The SMILES string of the molecule is CC(C)Cn1c(SCC(=O)NCc2ccccc2CN2CCOCC2)nnc1-c1ccccc1F. The molecular weight excluding hydrogens is 465 g/mol. The van der Waals surface area contributed by atoms with Crippen LogP contribution in [-0.2, 0) is 29.2 Å². The molecule has 1 fully saturated rings. The summed E-state index contributed by atoms with van der Waals surface area (Å²) in [7, 11) is 0. The molecule has 9 heteroatoms. The Morgan fingerprint density at radius 2 is 1.80 bits per heavy atom. The van der Waals surface area contributed by atoms with Crippen molar-refractivity contribution in [1.29, 1.82) is 0 Å². The van der Waals surface area contributed by atoms with Crippen molar-refractivity contribution in [2.75, 3.05) is 32.1 Å². The predicted octanol–water partition coefficient (Wildman–Crippen LogP) is 3.98. The van der Waals surface area contributed by atoms with Gasteiger partial charge in [-0.15, -0.1) is 10.2 Å². The van der Waals surface area contributed by atoms with E-state index in [0.29, 0.717) is 35.6 Å². The molecule has 0 radical (unpaired) electrons. The standard InChI is InChI=1S/C26H32FN5O2S/c1-19(2)16-32-25(22-9-5-6-10-23(22)27)29-30-26(32)35-18-24(33)28-15-20-7-3-4-8-21(20)17-31-11-13-34-14-12-31/h3-10,19H,11-18H2,1-2H3,(H,28,33). The summed E-state index contributed by atoms with van der Waals surface area (Å²) in [5.74, 6) is 0.584. The zero-order valence-electron chi connectivity index (χ0n) is 20.2. The number of thioether (sulfide) groups is 1. The van der Waals surface area contributed by atoms with Crippen LogP contribution in [-0.4, -0.2) is 57.6 Å². The number of amides is 1. The molecule has 0 aliphatic carbocycles. The Morgan fingerprint density at radius 1 is 1.09 bits per heavy atom. The molecule has 0 atom stereocenters. The van der Waals surface area contributed by atoms with Gasteiger partial charge in [0.05, 0.1) is 24.5 Å². The van der Waals surface area contributed by atoms with E-state index in [1.807, 2.05) is 16.7 Å². The van der Waals surface area contributed by atoms with Crippen LogP contribution in [0.15, 0.2) is 53.7 Å². The Kier molecular flexibility index (Phi) is 8.90. The first kappa shape index (κ1) is 25.3. The molecule has 35 heavy (non-hydrogen) atoms. The fraction of sp³-hybridized carbons (Fsp3) is 0.423. The van der Waals surface area contributed by atoms with E-state index in [0.717, 1.165) is 38.4 Å². The second kappa shape index (κ2) is 12.3. The summed E-state index contributed by atoms with van der Waals surface area (Å²) in [5.41, 5.74) is 2.74. The highest BCUT2D eigenvalue weighted by Crippen LogP contribution is 2.27. The van der Waals surface area contributed by atoms with E-state index >= 15 is 0 Å². The second-order valence-corrected chi connectivity index (χ2v) is 9.96. The number of carbonyl (C=O) groups is 1. The normalized spacial score (nSPS) is 14.4. The van der Waals surface area contributed by atoms with Gasteiger partial charge >= 0.3 is 0 Å². The van der Waals surface area contributed by atoms with Crippen LogP contribution in [0.25, 0.3) is 11.4 Å². The first-order valence-corrected chi connectivity index (χ1v) is 12.9. The van der Waals surface area contributed by atoms with Crippen LogP contribution < -0.4 is 5.32 Å². The Labute approximate surface area is 210 Å². The lowest BCUT2D eigenvalue weighted by Crippen LogP contribution is -2.36. The number of ether oxygens (including phenoxy) is 1. The van der Waals surface area contributed by atoms with Crippen LogP contribution >= 0.6 is 11.8 Å². The van der Waals surface area contributed by atoms with Gasteiger partial charge in [0, 0.05) is 32.7 Å². The first-order chi connectivity index (χ1) is 17.0. The number of benzene rings is 2. The topological polar surface area (TPSA) is 72.3 Å². The maximum Gasteiger partial charge on any atom is 0.230 e. The van der Waals surface area contributed by atoms with E-state index < -0.39 is 0 Å². The summed E-state index contributed by atoms with van der Waals surface area (Å²) in [4.78, 5) is 15.0. The van der Waals surface area contributed by atoms with Crippen molar-refractivity contribution in [3.63, 3.8) is 0 Å². The van der Waals surface area contributed by atoms with E-state index in [2.05, 4.69) is 46.4 Å². The van der Waals surface area contributed by atoms with Crippen LogP contribution in [0.1, 0.15) is 25.0 Å². The molecule has 1 aliphatic heterocycles. The van der Waals surface area contributed by atoms with Crippen LogP contribution in [0.4, 0.5) is 4.39 Å². The lowest BCUT2D eigenvalue weighted by Gasteiger charge is -2.27. The molecule has 1 amide bonds. The predicted molar refractivity (Wildman–Crippen MR) is 135 cm³/mol. The second-order valence-electron chi connectivity index (χ2n) is 9.01. The van der Waals surface area contributed by atoms with Gasteiger partial charge in [0.25, 0.3) is 0 Å². The van der Waals surface area contributed by atoms with Crippen molar-refractivity contribution in [3.8, 4) is 11.4 Å². The minimum atomic E-state index is -0.338. The molecule has 0 spiro atoms. The van der Waals surface area contributed by atoms with Crippen molar-refractivity contribution in [3.05, 3.63) is 65.5 Å². The van der Waals surface area contributed by atoms with Gasteiger partial charge in [0.2, 0.25) is 5.91 Å². The third-order valence-electron chi connectivity index (χ3n) is 5.80. The highest BCUT2D eigenvalue weighted by Gasteiger charge is 2.19. The van der Waals surface area contributed by atoms with Crippen molar-refractivity contribution < 1.29 is 13.9 Å². The van der Waals surface area contributed by atoms with Crippen molar-refractivity contribution >= 4 is 17.7 Å². The fourth-order valence-electron chi connectivity index (χ4n) is 4.03. The van der Waals surface area contributed by atoms with Crippen LogP contribution in [0, 0.1) is 11.7 Å². The summed E-state index contributed by atoms with van der Waals surface area (Å²) in [6.07, 6.45) is 0. The number of morpholine rings is 1. The van der Waals surface area contributed by atoms with Gasteiger partial charge in [-0.2, -0.15) is 0 Å². The van der Waals surface area contributed by atoms with Gasteiger partial charge in [-0.1, -0.05) is 62.0 Å². The van der Waals surface area contributed by atoms with Crippen LogP contribution in [0.2, 0.25) is 0 Å². The van der Waals surface area contributed by atoms with Gasteiger partial charge in [-0.25, -0.2) is 4.39 Å². The molecule has 0 unspecified atom stereocenters. The largest absolute Gasteiger partial charge is 0.379 e. The van der Waals surface area contributed by atoms with Gasteiger partial charge in [0.1, 0.15) is 5.82 Å². The van der Waals surface area contributed by atoms with E-state index in [-0.39, 0.29) is 17.5 Å². The number of rotatable bonds is 10. The number of hydrogen-bond acceptors (Lipinski definition) is 6. The maximum absolute atomic E-state index is 14.4. The third kappa shape index (κ3) is 6.90. The lowest BCUT2D eigenvalue weighted by molar-refractivity contribution is -0.118. The summed E-state index contributed by atoms with van der Waals surface area (Å²) in [5, 5.41) is 12.2. The summed E-state index contributed by atoms with van der Waals surface area (Å²) >= 11 is 1.32. The zero-order chi connectivity index (χ0) is 24.6. The summed E-state index contributed by atoms with van der Waals surface area (Å²) < 4.78 is 21.7. The smallest absolute Gasteiger partial charge is 0.230 e. The molecular formula is C26H32FN5O2S. The molecule has 7 nitrogen and oxygen atoms in total.